The van der Waals surface area contributed by atoms with E-state index in [-0.39, 0.29) is 24.0 Å². The van der Waals surface area contributed by atoms with Crippen LogP contribution in [-0.2, 0) is 14.3 Å². The average Bonchev–Trinajstić information content (AvgIpc) is 2.62. The first-order valence-electron chi connectivity index (χ1n) is 9.98. The summed E-state index contributed by atoms with van der Waals surface area (Å²) in [5.41, 5.74) is -0.497. The van der Waals surface area contributed by atoms with E-state index in [0.717, 1.165) is 44.9 Å². The normalized spacial score (nSPS) is 11.0. The number of nitro groups is 1. The first-order chi connectivity index (χ1) is 13.7. The molecular formula is C21H31NO7. The number of benzene rings is 1. The van der Waals surface area contributed by atoms with Crippen LogP contribution >= 0.6 is 0 Å². The maximum atomic E-state index is 11.6. The molecule has 8 nitrogen and oxygen atoms in total. The van der Waals surface area contributed by atoms with E-state index in [1.54, 1.807) is 0 Å². The zero-order valence-electron chi connectivity index (χ0n) is 17.5. The Labute approximate surface area is 171 Å². The van der Waals surface area contributed by atoms with Crippen molar-refractivity contribution in [3.05, 3.63) is 34.4 Å². The van der Waals surface area contributed by atoms with Gasteiger partial charge in [0.05, 0.1) is 11.5 Å². The Morgan fingerprint density at radius 2 is 1.48 bits per heavy atom. The van der Waals surface area contributed by atoms with Crippen molar-refractivity contribution in [2.24, 2.45) is 0 Å². The van der Waals surface area contributed by atoms with Gasteiger partial charge < -0.3 is 14.2 Å². The van der Waals surface area contributed by atoms with Crippen LogP contribution in [0.2, 0.25) is 0 Å². The smallest absolute Gasteiger partial charge is 0.460 e. The van der Waals surface area contributed by atoms with Crippen LogP contribution in [0.1, 0.15) is 72.1 Å². The molecule has 0 aliphatic carbocycles. The van der Waals surface area contributed by atoms with E-state index in [1.165, 1.54) is 24.3 Å². The topological polar surface area (TPSA) is 105 Å². The molecule has 29 heavy (non-hydrogen) atoms. The van der Waals surface area contributed by atoms with Crippen LogP contribution in [0.5, 0.6) is 5.75 Å². The fourth-order valence-corrected chi connectivity index (χ4v) is 2.56. The highest BCUT2D eigenvalue weighted by molar-refractivity contribution is 5.69. The van der Waals surface area contributed by atoms with Crippen molar-refractivity contribution < 1.29 is 28.7 Å². The Hall–Kier alpha value is -2.64. The van der Waals surface area contributed by atoms with Gasteiger partial charge in [-0.15, -0.1) is 0 Å². The van der Waals surface area contributed by atoms with Gasteiger partial charge in [0.2, 0.25) is 0 Å². The van der Waals surface area contributed by atoms with Gasteiger partial charge >= 0.3 is 12.1 Å². The molecular weight excluding hydrogens is 378 g/mol. The second-order valence-corrected chi connectivity index (χ2v) is 7.76. The van der Waals surface area contributed by atoms with Crippen molar-refractivity contribution in [3.8, 4) is 5.75 Å². The number of esters is 1. The van der Waals surface area contributed by atoms with Gasteiger partial charge in [0.1, 0.15) is 11.4 Å². The van der Waals surface area contributed by atoms with Gasteiger partial charge in [-0.2, -0.15) is 0 Å². The first kappa shape index (κ1) is 24.4. The number of carbonyl (C=O) groups is 2. The molecule has 0 amide bonds. The predicted octanol–water partition coefficient (Wildman–Crippen LogP) is 5.57. The van der Waals surface area contributed by atoms with Gasteiger partial charge in [-0.05, 0) is 45.7 Å². The van der Waals surface area contributed by atoms with E-state index in [2.05, 4.69) is 0 Å². The molecule has 0 aromatic heterocycles. The third-order valence-electron chi connectivity index (χ3n) is 3.91. The SMILES string of the molecule is CC(C)(C)OC(=O)CCCCCCCCCOC(=O)Oc1ccc([N+](=O)[O-])cc1. The summed E-state index contributed by atoms with van der Waals surface area (Å²) in [6, 6.07) is 5.22. The Balaban J connectivity index is 1.98. The number of nitro benzene ring substituents is 1. The Morgan fingerprint density at radius 3 is 2.03 bits per heavy atom. The maximum Gasteiger partial charge on any atom is 0.513 e. The van der Waals surface area contributed by atoms with E-state index in [9.17, 15) is 19.7 Å². The fraction of sp³-hybridized carbons (Fsp3) is 0.619. The molecule has 0 aliphatic heterocycles. The van der Waals surface area contributed by atoms with Gasteiger partial charge in [-0.3, -0.25) is 14.9 Å². The molecule has 1 aromatic rings. The summed E-state index contributed by atoms with van der Waals surface area (Å²) in [7, 11) is 0. The Morgan fingerprint density at radius 1 is 0.931 bits per heavy atom. The molecule has 8 heteroatoms. The van der Waals surface area contributed by atoms with Crippen molar-refractivity contribution in [2.45, 2.75) is 77.7 Å². The molecule has 0 saturated heterocycles. The molecule has 0 fully saturated rings. The molecule has 0 unspecified atom stereocenters. The van der Waals surface area contributed by atoms with E-state index in [1.807, 2.05) is 20.8 Å². The van der Waals surface area contributed by atoms with Crippen LogP contribution in [0, 0.1) is 10.1 Å². The molecule has 0 aliphatic rings. The number of unbranched alkanes of at least 4 members (excludes halogenated alkanes) is 6. The summed E-state index contributed by atoms with van der Waals surface area (Å²) in [6.45, 7) is 5.86. The minimum absolute atomic E-state index is 0.0736. The summed E-state index contributed by atoms with van der Waals surface area (Å²) < 4.78 is 15.2. The molecule has 1 rings (SSSR count). The predicted molar refractivity (Wildman–Crippen MR) is 108 cm³/mol. The van der Waals surface area contributed by atoms with E-state index in [0.29, 0.717) is 6.42 Å². The lowest BCUT2D eigenvalue weighted by Crippen LogP contribution is -2.23. The van der Waals surface area contributed by atoms with Gasteiger partial charge in [-0.1, -0.05) is 32.1 Å². The third-order valence-corrected chi connectivity index (χ3v) is 3.91. The lowest BCUT2D eigenvalue weighted by atomic mass is 10.1. The fourth-order valence-electron chi connectivity index (χ4n) is 2.56. The van der Waals surface area contributed by atoms with Crippen molar-refractivity contribution in [2.75, 3.05) is 6.61 Å². The van der Waals surface area contributed by atoms with Crippen LogP contribution in [0.4, 0.5) is 10.5 Å². The van der Waals surface area contributed by atoms with Gasteiger partial charge in [-0.25, -0.2) is 4.79 Å². The third kappa shape index (κ3) is 12.4. The van der Waals surface area contributed by atoms with E-state index < -0.39 is 16.7 Å². The second kappa shape index (κ2) is 12.7. The van der Waals surface area contributed by atoms with E-state index >= 15 is 0 Å². The molecule has 0 N–H and O–H groups in total. The summed E-state index contributed by atoms with van der Waals surface area (Å²) >= 11 is 0. The quantitative estimate of drug-likeness (QED) is 0.146. The number of hydrogen-bond donors (Lipinski definition) is 0. The lowest BCUT2D eigenvalue weighted by molar-refractivity contribution is -0.384. The van der Waals surface area contributed by atoms with Gasteiger partial charge in [0, 0.05) is 18.6 Å². The molecule has 0 saturated carbocycles. The summed E-state index contributed by atoms with van der Waals surface area (Å²) in [4.78, 5) is 33.2. The highest BCUT2D eigenvalue weighted by atomic mass is 16.7. The molecule has 0 radical (unpaired) electrons. The lowest BCUT2D eigenvalue weighted by Gasteiger charge is -2.19. The number of nitrogens with zero attached hydrogens (tertiary/aromatic N) is 1. The second-order valence-electron chi connectivity index (χ2n) is 7.76. The van der Waals surface area contributed by atoms with Crippen molar-refractivity contribution in [1.29, 1.82) is 0 Å². The van der Waals surface area contributed by atoms with Crippen molar-refractivity contribution in [1.82, 2.24) is 0 Å². The highest BCUT2D eigenvalue weighted by Gasteiger charge is 2.15. The maximum absolute atomic E-state index is 11.6. The number of rotatable bonds is 12. The molecule has 0 heterocycles. The highest BCUT2D eigenvalue weighted by Crippen LogP contribution is 2.18. The number of hydrogen-bond acceptors (Lipinski definition) is 7. The zero-order chi connectivity index (χ0) is 21.7. The molecule has 0 spiro atoms. The molecule has 0 atom stereocenters. The van der Waals surface area contributed by atoms with Crippen LogP contribution in [0.3, 0.4) is 0 Å². The van der Waals surface area contributed by atoms with E-state index in [4.69, 9.17) is 14.2 Å². The van der Waals surface area contributed by atoms with Crippen LogP contribution in [0.15, 0.2) is 24.3 Å². The number of carbonyl (C=O) groups excluding carboxylic acids is 2. The Kier molecular flexibility index (Phi) is 10.7. The number of non-ortho nitro benzene ring substituents is 1. The summed E-state index contributed by atoms with van der Waals surface area (Å²) in [5, 5.41) is 10.6. The molecule has 162 valence electrons. The van der Waals surface area contributed by atoms with Crippen LogP contribution in [-0.4, -0.2) is 29.3 Å². The Bertz CT molecular complexity index is 650. The summed E-state index contributed by atoms with van der Waals surface area (Å²) in [6.07, 6.45) is 6.33. The minimum atomic E-state index is -0.819. The monoisotopic (exact) mass is 409 g/mol. The van der Waals surface area contributed by atoms with Crippen LogP contribution < -0.4 is 4.74 Å². The number of ether oxygens (including phenoxy) is 3. The standard InChI is InChI=1S/C21H31NO7/c1-21(2,3)29-19(23)11-9-7-5-4-6-8-10-16-27-20(24)28-18-14-12-17(13-15-18)22(25)26/h12-15H,4-11,16H2,1-3H3. The molecule has 0 bridgehead atoms. The van der Waals surface area contributed by atoms with Crippen LogP contribution in [0.25, 0.3) is 0 Å². The zero-order valence-corrected chi connectivity index (χ0v) is 17.5. The minimum Gasteiger partial charge on any atom is -0.460 e. The molecule has 1 aromatic carbocycles. The van der Waals surface area contributed by atoms with Gasteiger partial charge in [0.25, 0.3) is 5.69 Å². The van der Waals surface area contributed by atoms with Crippen molar-refractivity contribution >= 4 is 17.8 Å². The summed E-state index contributed by atoms with van der Waals surface area (Å²) in [5.74, 6) is 0.0576. The van der Waals surface area contributed by atoms with Crippen molar-refractivity contribution in [3.63, 3.8) is 0 Å². The largest absolute Gasteiger partial charge is 0.513 e. The average molecular weight is 409 g/mol. The first-order valence-corrected chi connectivity index (χ1v) is 9.98. The van der Waals surface area contributed by atoms with Gasteiger partial charge in [0.15, 0.2) is 0 Å².